The number of ether oxygens (including phenoxy) is 1. The van der Waals surface area contributed by atoms with Gasteiger partial charge in [0.15, 0.2) is 0 Å². The van der Waals surface area contributed by atoms with Gasteiger partial charge in [-0.3, -0.25) is 0 Å². The fourth-order valence-corrected chi connectivity index (χ4v) is 2.78. The maximum Gasteiger partial charge on any atom is 0.119 e. The largest absolute Gasteiger partial charge is 0.497 e. The van der Waals surface area contributed by atoms with Crippen LogP contribution in [0.25, 0.3) is 0 Å². The lowest BCUT2D eigenvalue weighted by atomic mass is 9.80. The monoisotopic (exact) mass is 233 g/mol. The Morgan fingerprint density at radius 2 is 1.82 bits per heavy atom. The van der Waals surface area contributed by atoms with Gasteiger partial charge in [-0.25, -0.2) is 0 Å². The molecule has 1 saturated carbocycles. The Bertz CT molecular complexity index is 346. The third-order valence-corrected chi connectivity index (χ3v) is 3.87. The highest BCUT2D eigenvalue weighted by atomic mass is 16.5. The van der Waals surface area contributed by atoms with Crippen molar-refractivity contribution in [3.8, 4) is 5.75 Å². The molecule has 1 fully saturated rings. The Kier molecular flexibility index (Phi) is 3.93. The first kappa shape index (κ1) is 12.3. The summed E-state index contributed by atoms with van der Waals surface area (Å²) in [6.07, 6.45) is 3.97. The van der Waals surface area contributed by atoms with Crippen LogP contribution in [0.1, 0.15) is 33.1 Å². The Morgan fingerprint density at radius 1 is 1.12 bits per heavy atom. The Balaban J connectivity index is 1.95. The third kappa shape index (κ3) is 3.15. The molecule has 0 spiro atoms. The number of hydrogen-bond acceptors (Lipinski definition) is 2. The maximum absolute atomic E-state index is 5.17. The first-order valence-corrected chi connectivity index (χ1v) is 6.59. The second-order valence-electron chi connectivity index (χ2n) is 5.37. The van der Waals surface area contributed by atoms with Crippen molar-refractivity contribution in [2.24, 2.45) is 11.8 Å². The van der Waals surface area contributed by atoms with Gasteiger partial charge >= 0.3 is 0 Å². The predicted octanol–water partition coefficient (Wildman–Crippen LogP) is 3.93. The number of methoxy groups -OCH3 is 1. The predicted molar refractivity (Wildman–Crippen MR) is 72.6 cm³/mol. The fraction of sp³-hybridized carbons (Fsp3) is 0.600. The summed E-state index contributed by atoms with van der Waals surface area (Å²) in [6.45, 7) is 4.72. The number of benzene rings is 1. The van der Waals surface area contributed by atoms with E-state index in [-0.39, 0.29) is 0 Å². The zero-order chi connectivity index (χ0) is 12.3. The molecule has 3 unspecified atom stereocenters. The molecule has 2 rings (SSSR count). The molecule has 0 saturated heterocycles. The molecule has 1 aromatic rings. The molecule has 0 aliphatic heterocycles. The summed E-state index contributed by atoms with van der Waals surface area (Å²) in [5, 5.41) is 3.65. The van der Waals surface area contributed by atoms with Gasteiger partial charge in [-0.1, -0.05) is 13.8 Å². The van der Waals surface area contributed by atoms with Crippen LogP contribution >= 0.6 is 0 Å². The zero-order valence-electron chi connectivity index (χ0n) is 11.1. The molecule has 17 heavy (non-hydrogen) atoms. The van der Waals surface area contributed by atoms with Crippen molar-refractivity contribution in [3.05, 3.63) is 24.3 Å². The standard InChI is InChI=1S/C15H23NO/c1-11-4-9-15(12(2)10-11)16-13-5-7-14(17-3)8-6-13/h5-8,11-12,15-16H,4,9-10H2,1-3H3. The second-order valence-corrected chi connectivity index (χ2v) is 5.37. The van der Waals surface area contributed by atoms with Crippen LogP contribution in [0.3, 0.4) is 0 Å². The minimum atomic E-state index is 0.625. The Hall–Kier alpha value is -1.18. The highest BCUT2D eigenvalue weighted by Crippen LogP contribution is 2.31. The van der Waals surface area contributed by atoms with Crippen molar-refractivity contribution in [1.29, 1.82) is 0 Å². The zero-order valence-corrected chi connectivity index (χ0v) is 11.1. The third-order valence-electron chi connectivity index (χ3n) is 3.87. The summed E-state index contributed by atoms with van der Waals surface area (Å²) in [5.74, 6) is 2.57. The molecule has 2 nitrogen and oxygen atoms in total. The second kappa shape index (κ2) is 5.44. The molecule has 1 aliphatic carbocycles. The van der Waals surface area contributed by atoms with Gasteiger partial charge in [-0.2, -0.15) is 0 Å². The molecule has 1 aromatic carbocycles. The van der Waals surface area contributed by atoms with Crippen molar-refractivity contribution in [2.45, 2.75) is 39.2 Å². The van der Waals surface area contributed by atoms with Crippen LogP contribution in [-0.4, -0.2) is 13.2 Å². The normalized spacial score (nSPS) is 28.8. The first-order chi connectivity index (χ1) is 8.19. The van der Waals surface area contributed by atoms with Crippen LogP contribution in [0.15, 0.2) is 24.3 Å². The molecule has 2 heteroatoms. The summed E-state index contributed by atoms with van der Waals surface area (Å²) in [7, 11) is 1.70. The van der Waals surface area contributed by atoms with Crippen LogP contribution in [0.4, 0.5) is 5.69 Å². The molecular formula is C15H23NO. The number of anilines is 1. The number of hydrogen-bond donors (Lipinski definition) is 1. The summed E-state index contributed by atoms with van der Waals surface area (Å²) >= 11 is 0. The van der Waals surface area contributed by atoms with E-state index < -0.39 is 0 Å². The van der Waals surface area contributed by atoms with Gasteiger partial charge in [0.25, 0.3) is 0 Å². The average molecular weight is 233 g/mol. The van der Waals surface area contributed by atoms with Crippen molar-refractivity contribution in [3.63, 3.8) is 0 Å². The SMILES string of the molecule is COc1ccc(NC2CCC(C)CC2C)cc1. The van der Waals surface area contributed by atoms with Gasteiger partial charge < -0.3 is 10.1 Å². The van der Waals surface area contributed by atoms with E-state index in [9.17, 15) is 0 Å². The van der Waals surface area contributed by atoms with Crippen molar-refractivity contribution < 1.29 is 4.74 Å². The highest BCUT2D eigenvalue weighted by Gasteiger charge is 2.24. The van der Waals surface area contributed by atoms with E-state index in [1.165, 1.54) is 24.9 Å². The van der Waals surface area contributed by atoms with E-state index in [0.29, 0.717) is 6.04 Å². The average Bonchev–Trinajstić information content (AvgIpc) is 2.34. The summed E-state index contributed by atoms with van der Waals surface area (Å²) in [4.78, 5) is 0. The number of rotatable bonds is 3. The van der Waals surface area contributed by atoms with Gasteiger partial charge in [-0.05, 0) is 55.4 Å². The van der Waals surface area contributed by atoms with E-state index in [0.717, 1.165) is 17.6 Å². The van der Waals surface area contributed by atoms with E-state index in [4.69, 9.17) is 4.74 Å². The van der Waals surface area contributed by atoms with Gasteiger partial charge in [0.05, 0.1) is 7.11 Å². The molecule has 0 amide bonds. The summed E-state index contributed by atoms with van der Waals surface area (Å²) in [6, 6.07) is 8.85. The van der Waals surface area contributed by atoms with E-state index in [2.05, 4.69) is 31.3 Å². The van der Waals surface area contributed by atoms with Crippen LogP contribution in [0.2, 0.25) is 0 Å². The Labute approximate surface area is 104 Å². The molecule has 3 atom stereocenters. The molecule has 0 bridgehead atoms. The summed E-state index contributed by atoms with van der Waals surface area (Å²) < 4.78 is 5.17. The highest BCUT2D eigenvalue weighted by molar-refractivity contribution is 5.47. The minimum absolute atomic E-state index is 0.625. The lowest BCUT2D eigenvalue weighted by Crippen LogP contribution is -2.32. The minimum Gasteiger partial charge on any atom is -0.497 e. The summed E-state index contributed by atoms with van der Waals surface area (Å²) in [5.41, 5.74) is 1.21. The Morgan fingerprint density at radius 3 is 2.41 bits per heavy atom. The van der Waals surface area contributed by atoms with Crippen LogP contribution in [0.5, 0.6) is 5.75 Å². The van der Waals surface area contributed by atoms with Crippen LogP contribution in [-0.2, 0) is 0 Å². The lowest BCUT2D eigenvalue weighted by Gasteiger charge is -2.33. The first-order valence-electron chi connectivity index (χ1n) is 6.59. The van der Waals surface area contributed by atoms with Crippen LogP contribution < -0.4 is 10.1 Å². The van der Waals surface area contributed by atoms with Gasteiger partial charge in [0.2, 0.25) is 0 Å². The molecular weight excluding hydrogens is 210 g/mol. The maximum atomic E-state index is 5.17. The molecule has 0 radical (unpaired) electrons. The van der Waals surface area contributed by atoms with Crippen molar-refractivity contribution >= 4 is 5.69 Å². The van der Waals surface area contributed by atoms with E-state index in [1.54, 1.807) is 7.11 Å². The van der Waals surface area contributed by atoms with Crippen molar-refractivity contribution in [1.82, 2.24) is 0 Å². The van der Waals surface area contributed by atoms with Gasteiger partial charge in [0, 0.05) is 11.7 Å². The topological polar surface area (TPSA) is 21.3 Å². The van der Waals surface area contributed by atoms with Gasteiger partial charge in [0.1, 0.15) is 5.75 Å². The fourth-order valence-electron chi connectivity index (χ4n) is 2.78. The molecule has 94 valence electrons. The van der Waals surface area contributed by atoms with Crippen molar-refractivity contribution in [2.75, 3.05) is 12.4 Å². The molecule has 0 heterocycles. The molecule has 1 N–H and O–H groups in total. The molecule has 1 aliphatic rings. The quantitative estimate of drug-likeness (QED) is 0.854. The smallest absolute Gasteiger partial charge is 0.119 e. The van der Waals surface area contributed by atoms with Gasteiger partial charge in [-0.15, -0.1) is 0 Å². The van der Waals surface area contributed by atoms with Crippen LogP contribution in [0, 0.1) is 11.8 Å². The van der Waals surface area contributed by atoms with E-state index in [1.807, 2.05) is 12.1 Å². The lowest BCUT2D eigenvalue weighted by molar-refractivity contribution is 0.276. The molecule has 0 aromatic heterocycles. The van der Waals surface area contributed by atoms with E-state index >= 15 is 0 Å². The number of nitrogens with one attached hydrogen (secondary N) is 1.